The summed E-state index contributed by atoms with van der Waals surface area (Å²) in [4.78, 5) is 29.6. The average molecular weight is 398 g/mol. The third-order valence-corrected chi connectivity index (χ3v) is 5.11. The fourth-order valence-corrected chi connectivity index (χ4v) is 3.63. The molecule has 1 aromatic carbocycles. The summed E-state index contributed by atoms with van der Waals surface area (Å²) in [7, 11) is 0. The number of carbonyl (C=O) groups is 1. The molecule has 1 aliphatic heterocycles. The number of rotatable bonds is 5. The van der Waals surface area contributed by atoms with Crippen LogP contribution < -0.4 is 10.9 Å². The maximum Gasteiger partial charge on any atom is 0.272 e. The molecule has 8 heteroatoms. The lowest BCUT2D eigenvalue weighted by atomic mass is 10.0. The minimum atomic E-state index is -0.486. The number of benzene rings is 1. The molecule has 1 saturated heterocycles. The van der Waals surface area contributed by atoms with E-state index in [2.05, 4.69) is 15.4 Å². The van der Waals surface area contributed by atoms with E-state index in [9.17, 15) is 14.0 Å². The molecule has 4 rings (SSSR count). The predicted molar refractivity (Wildman–Crippen MR) is 105 cm³/mol. The normalized spacial score (nSPS) is 17.9. The minimum absolute atomic E-state index is 0.200. The van der Waals surface area contributed by atoms with E-state index in [1.54, 1.807) is 18.2 Å². The van der Waals surface area contributed by atoms with Crippen molar-refractivity contribution in [1.29, 1.82) is 0 Å². The standard InChI is InChI=1S/C21H23FN4O3/c1-13-10-19-23-16(12-20(27)26(19)25-13)11-17(14-5-7-15(22)8-6-14)24-21(28)18-4-2-3-9-29-18/h5-8,10,12,17-18,25H,2-4,9,11H2,1H3,(H,24,28)/t17-,18-/m1/s1. The zero-order valence-electron chi connectivity index (χ0n) is 16.2. The minimum Gasteiger partial charge on any atom is -0.368 e. The summed E-state index contributed by atoms with van der Waals surface area (Å²) in [5.74, 6) is -0.552. The third-order valence-electron chi connectivity index (χ3n) is 5.11. The van der Waals surface area contributed by atoms with Crippen LogP contribution in [0.4, 0.5) is 4.39 Å². The first-order chi connectivity index (χ1) is 14.0. The Morgan fingerprint density at radius 3 is 2.86 bits per heavy atom. The van der Waals surface area contributed by atoms with E-state index < -0.39 is 12.1 Å². The van der Waals surface area contributed by atoms with Crippen molar-refractivity contribution in [3.63, 3.8) is 0 Å². The number of nitrogens with zero attached hydrogens (tertiary/aromatic N) is 2. The van der Waals surface area contributed by atoms with E-state index in [-0.39, 0.29) is 17.3 Å². The molecule has 1 fully saturated rings. The average Bonchev–Trinajstić information content (AvgIpc) is 3.09. The van der Waals surface area contributed by atoms with Crippen molar-refractivity contribution in [2.75, 3.05) is 6.61 Å². The van der Waals surface area contributed by atoms with Gasteiger partial charge >= 0.3 is 0 Å². The van der Waals surface area contributed by atoms with Crippen molar-refractivity contribution < 1.29 is 13.9 Å². The highest BCUT2D eigenvalue weighted by atomic mass is 19.1. The number of hydrogen-bond acceptors (Lipinski definition) is 4. The molecule has 2 aromatic heterocycles. The maximum absolute atomic E-state index is 13.4. The van der Waals surface area contributed by atoms with Crippen molar-refractivity contribution in [3.8, 4) is 0 Å². The monoisotopic (exact) mass is 398 g/mol. The molecule has 0 unspecified atom stereocenters. The van der Waals surface area contributed by atoms with Crippen LogP contribution >= 0.6 is 0 Å². The molecule has 0 saturated carbocycles. The topological polar surface area (TPSA) is 88.5 Å². The van der Waals surface area contributed by atoms with Gasteiger partial charge in [0.05, 0.1) is 11.7 Å². The summed E-state index contributed by atoms with van der Waals surface area (Å²) in [6.45, 7) is 2.42. The Morgan fingerprint density at radius 1 is 1.34 bits per heavy atom. The highest BCUT2D eigenvalue weighted by Gasteiger charge is 2.25. The fourth-order valence-electron chi connectivity index (χ4n) is 3.63. The first kappa shape index (κ1) is 19.3. The number of halogens is 1. The largest absolute Gasteiger partial charge is 0.368 e. The molecule has 29 heavy (non-hydrogen) atoms. The van der Waals surface area contributed by atoms with Gasteiger partial charge in [0.1, 0.15) is 11.9 Å². The zero-order valence-corrected chi connectivity index (χ0v) is 16.2. The van der Waals surface area contributed by atoms with E-state index in [0.717, 1.165) is 24.1 Å². The Kier molecular flexibility index (Phi) is 5.44. The van der Waals surface area contributed by atoms with Crippen LogP contribution in [0, 0.1) is 12.7 Å². The summed E-state index contributed by atoms with van der Waals surface area (Å²) in [6.07, 6.45) is 2.40. The SMILES string of the molecule is Cc1cc2nc(C[C@@H](NC(=O)[C@H]3CCCCO3)c3ccc(F)cc3)cc(=O)n2[nH]1. The second-order valence-electron chi connectivity index (χ2n) is 7.39. The van der Waals surface area contributed by atoms with E-state index >= 15 is 0 Å². The first-order valence-corrected chi connectivity index (χ1v) is 9.75. The molecule has 0 radical (unpaired) electrons. The molecule has 3 aromatic rings. The molecular formula is C21H23FN4O3. The van der Waals surface area contributed by atoms with E-state index in [1.807, 2.05) is 6.92 Å². The Labute approximate surface area is 166 Å². The van der Waals surface area contributed by atoms with Gasteiger partial charge in [-0.05, 0) is 43.9 Å². The molecule has 2 atom stereocenters. The Morgan fingerprint density at radius 2 is 2.14 bits per heavy atom. The van der Waals surface area contributed by atoms with Gasteiger partial charge in [0, 0.05) is 30.9 Å². The van der Waals surface area contributed by atoms with Crippen LogP contribution in [-0.2, 0) is 16.0 Å². The molecular weight excluding hydrogens is 375 g/mol. The van der Waals surface area contributed by atoms with Gasteiger partial charge in [-0.2, -0.15) is 0 Å². The molecule has 0 aliphatic carbocycles. The lowest BCUT2D eigenvalue weighted by Crippen LogP contribution is -2.41. The molecule has 152 valence electrons. The van der Waals surface area contributed by atoms with Crippen LogP contribution in [0.1, 0.15) is 42.3 Å². The van der Waals surface area contributed by atoms with Crippen LogP contribution in [0.3, 0.4) is 0 Å². The highest BCUT2D eigenvalue weighted by Crippen LogP contribution is 2.20. The van der Waals surface area contributed by atoms with Crippen LogP contribution in [0.15, 0.2) is 41.2 Å². The maximum atomic E-state index is 13.4. The Bertz CT molecular complexity index is 1070. The second-order valence-corrected chi connectivity index (χ2v) is 7.39. The number of aryl methyl sites for hydroxylation is 1. The van der Waals surface area contributed by atoms with Crippen molar-refractivity contribution in [2.24, 2.45) is 0 Å². The van der Waals surface area contributed by atoms with Gasteiger partial charge in [-0.3, -0.25) is 14.7 Å². The smallest absolute Gasteiger partial charge is 0.272 e. The van der Waals surface area contributed by atoms with Crippen molar-refractivity contribution >= 4 is 11.6 Å². The highest BCUT2D eigenvalue weighted by molar-refractivity contribution is 5.81. The molecule has 0 bridgehead atoms. The second kappa shape index (κ2) is 8.16. The number of H-pyrrole nitrogens is 1. The van der Waals surface area contributed by atoms with Gasteiger partial charge in [-0.15, -0.1) is 0 Å². The fraction of sp³-hybridized carbons (Fsp3) is 0.381. The summed E-state index contributed by atoms with van der Waals surface area (Å²) in [6, 6.07) is 8.75. The third kappa shape index (κ3) is 4.37. The lowest BCUT2D eigenvalue weighted by Gasteiger charge is -2.25. The number of amides is 1. The number of aromatic nitrogens is 3. The number of aromatic amines is 1. The number of hydrogen-bond donors (Lipinski definition) is 2. The molecule has 2 N–H and O–H groups in total. The molecule has 7 nitrogen and oxygen atoms in total. The molecule has 0 spiro atoms. The van der Waals surface area contributed by atoms with Gasteiger partial charge < -0.3 is 10.1 Å². The zero-order chi connectivity index (χ0) is 20.4. The van der Waals surface area contributed by atoms with Crippen molar-refractivity contribution in [3.05, 3.63) is 69.5 Å². The predicted octanol–water partition coefficient (Wildman–Crippen LogP) is 2.44. The van der Waals surface area contributed by atoms with E-state index in [0.29, 0.717) is 30.8 Å². The Balaban J connectivity index is 1.62. The quantitative estimate of drug-likeness (QED) is 0.691. The van der Waals surface area contributed by atoms with E-state index in [1.165, 1.54) is 22.7 Å². The summed E-state index contributed by atoms with van der Waals surface area (Å²) in [5.41, 5.74) is 2.41. The van der Waals surface area contributed by atoms with Gasteiger partial charge in [-0.25, -0.2) is 13.9 Å². The van der Waals surface area contributed by atoms with Crippen molar-refractivity contribution in [2.45, 2.75) is 44.8 Å². The van der Waals surface area contributed by atoms with E-state index in [4.69, 9.17) is 4.74 Å². The van der Waals surface area contributed by atoms with Gasteiger partial charge in [0.25, 0.3) is 5.56 Å². The molecule has 1 amide bonds. The van der Waals surface area contributed by atoms with Gasteiger partial charge in [0.2, 0.25) is 5.91 Å². The summed E-state index contributed by atoms with van der Waals surface area (Å²) in [5, 5.41) is 5.93. The van der Waals surface area contributed by atoms with Gasteiger partial charge in [0.15, 0.2) is 5.65 Å². The van der Waals surface area contributed by atoms with Crippen LogP contribution in [-0.4, -0.2) is 33.2 Å². The summed E-state index contributed by atoms with van der Waals surface area (Å²) >= 11 is 0. The Hall–Kier alpha value is -3.00. The molecule has 1 aliphatic rings. The number of fused-ring (bicyclic) bond motifs is 1. The number of carbonyl (C=O) groups excluding carboxylic acids is 1. The van der Waals surface area contributed by atoms with Crippen molar-refractivity contribution in [1.82, 2.24) is 19.9 Å². The van der Waals surface area contributed by atoms with Crippen LogP contribution in [0.25, 0.3) is 5.65 Å². The van der Waals surface area contributed by atoms with Crippen LogP contribution in [0.2, 0.25) is 0 Å². The summed E-state index contributed by atoms with van der Waals surface area (Å²) < 4.78 is 20.3. The molecule has 3 heterocycles. The lowest BCUT2D eigenvalue weighted by molar-refractivity contribution is -0.136. The number of ether oxygens (including phenoxy) is 1. The van der Waals surface area contributed by atoms with Crippen LogP contribution in [0.5, 0.6) is 0 Å². The number of nitrogens with one attached hydrogen (secondary N) is 2. The van der Waals surface area contributed by atoms with Gasteiger partial charge in [-0.1, -0.05) is 12.1 Å². The first-order valence-electron chi connectivity index (χ1n) is 9.75.